The molecule has 2 N–H and O–H groups in total. The molecule has 4 saturated heterocycles. The van der Waals surface area contributed by atoms with Gasteiger partial charge in [-0.25, -0.2) is 13.2 Å². The minimum absolute atomic E-state index is 0.0260. The monoisotopic (exact) mass is 645 g/mol. The smallest absolute Gasteiger partial charge is 0.417 e. The maximum absolute atomic E-state index is 16.9. The Hall–Kier alpha value is -3.65. The Balaban J connectivity index is 1.33. The van der Waals surface area contributed by atoms with Crippen LogP contribution in [0.2, 0.25) is 0 Å². The lowest BCUT2D eigenvalue weighted by Crippen LogP contribution is -2.51. The SMILES string of the molecule is Cc1cc2[nH]nc(C)c2c(-c2c(F)cc3c(N4CC5CCC(C4)N5)nc(OC[C@@]45CCCN4C[C@H](F)C5)nc3c2F)c1C(F)(F)F. The quantitative estimate of drug-likeness (QED) is 0.259. The van der Waals surface area contributed by atoms with Crippen LogP contribution in [0, 0.1) is 25.5 Å². The van der Waals surface area contributed by atoms with Gasteiger partial charge in [-0.3, -0.25) is 10.00 Å². The van der Waals surface area contributed by atoms with Crippen LogP contribution >= 0.6 is 0 Å². The number of fused-ring (bicyclic) bond motifs is 5. The van der Waals surface area contributed by atoms with E-state index in [1.54, 1.807) is 0 Å². The third-order valence-electron chi connectivity index (χ3n) is 10.4. The number of alkyl halides is 4. The van der Waals surface area contributed by atoms with Crippen LogP contribution in [0.1, 0.15) is 48.9 Å². The van der Waals surface area contributed by atoms with E-state index in [9.17, 15) is 17.6 Å². The molecule has 14 heteroatoms. The fourth-order valence-corrected chi connectivity index (χ4v) is 8.41. The highest BCUT2D eigenvalue weighted by Gasteiger charge is 2.49. The predicted octanol–water partition coefficient (Wildman–Crippen LogP) is 5.98. The Labute approximate surface area is 260 Å². The van der Waals surface area contributed by atoms with E-state index in [1.165, 1.54) is 19.9 Å². The summed E-state index contributed by atoms with van der Waals surface area (Å²) in [5.74, 6) is -2.16. The first kappa shape index (κ1) is 29.7. The van der Waals surface area contributed by atoms with Gasteiger partial charge in [-0.05, 0) is 63.8 Å². The first-order chi connectivity index (χ1) is 21.9. The molecule has 0 aliphatic carbocycles. The molecule has 8 rings (SSSR count). The normalized spacial score (nSPS) is 26.5. The number of ether oxygens (including phenoxy) is 1. The second kappa shape index (κ2) is 10.4. The molecule has 4 aliphatic heterocycles. The van der Waals surface area contributed by atoms with Crippen molar-refractivity contribution in [3.05, 3.63) is 40.6 Å². The first-order valence-electron chi connectivity index (χ1n) is 15.7. The Morgan fingerprint density at radius 2 is 1.80 bits per heavy atom. The van der Waals surface area contributed by atoms with E-state index in [0.29, 0.717) is 26.1 Å². The summed E-state index contributed by atoms with van der Waals surface area (Å²) in [7, 11) is 0. The zero-order chi connectivity index (χ0) is 32.1. The van der Waals surface area contributed by atoms with Crippen molar-refractivity contribution in [2.24, 2.45) is 0 Å². The number of H-pyrrole nitrogens is 1. The minimum Gasteiger partial charge on any atom is -0.461 e. The molecule has 4 atom stereocenters. The average Bonchev–Trinajstić information content (AvgIpc) is 3.73. The number of aryl methyl sites for hydroxylation is 2. The van der Waals surface area contributed by atoms with Crippen molar-refractivity contribution < 1.29 is 31.1 Å². The Morgan fingerprint density at radius 1 is 1.04 bits per heavy atom. The number of hydrogen-bond donors (Lipinski definition) is 2. The molecule has 2 aromatic heterocycles. The second-order valence-electron chi connectivity index (χ2n) is 13.4. The number of anilines is 1. The molecule has 8 nitrogen and oxygen atoms in total. The second-order valence-corrected chi connectivity index (χ2v) is 13.4. The van der Waals surface area contributed by atoms with E-state index in [4.69, 9.17) is 4.74 Å². The van der Waals surface area contributed by atoms with E-state index in [0.717, 1.165) is 38.3 Å². The lowest BCUT2D eigenvalue weighted by Gasteiger charge is -2.34. The van der Waals surface area contributed by atoms with E-state index >= 15 is 8.78 Å². The van der Waals surface area contributed by atoms with Gasteiger partial charge in [0.15, 0.2) is 5.82 Å². The topological polar surface area (TPSA) is 82.2 Å². The number of hydrogen-bond acceptors (Lipinski definition) is 7. The van der Waals surface area contributed by atoms with Crippen molar-refractivity contribution in [1.82, 2.24) is 30.4 Å². The van der Waals surface area contributed by atoms with E-state index in [2.05, 4.69) is 30.4 Å². The van der Waals surface area contributed by atoms with Crippen LogP contribution in [0.15, 0.2) is 12.1 Å². The van der Waals surface area contributed by atoms with Gasteiger partial charge in [0.1, 0.15) is 29.9 Å². The molecular formula is C32H33F6N7O. The number of piperazine rings is 1. The molecule has 0 amide bonds. The molecule has 6 heterocycles. The van der Waals surface area contributed by atoms with Crippen LogP contribution in [-0.2, 0) is 6.18 Å². The molecule has 0 radical (unpaired) electrons. The zero-order valence-corrected chi connectivity index (χ0v) is 25.4. The van der Waals surface area contributed by atoms with Gasteiger partial charge in [-0.1, -0.05) is 0 Å². The number of nitrogens with zero attached hydrogens (tertiary/aromatic N) is 5. The summed E-state index contributed by atoms with van der Waals surface area (Å²) in [4.78, 5) is 13.0. The van der Waals surface area contributed by atoms with Gasteiger partial charge in [-0.2, -0.15) is 28.2 Å². The largest absolute Gasteiger partial charge is 0.461 e. The Morgan fingerprint density at radius 3 is 2.54 bits per heavy atom. The number of halogens is 6. The number of aromatic nitrogens is 4. The fraction of sp³-hybridized carbons (Fsp3) is 0.531. The van der Waals surface area contributed by atoms with Crippen molar-refractivity contribution in [2.75, 3.05) is 37.7 Å². The highest BCUT2D eigenvalue weighted by atomic mass is 19.4. The predicted molar refractivity (Wildman–Crippen MR) is 160 cm³/mol. The third-order valence-corrected chi connectivity index (χ3v) is 10.4. The Bertz CT molecular complexity index is 1870. The van der Waals surface area contributed by atoms with Crippen LogP contribution in [0.5, 0.6) is 6.01 Å². The molecular weight excluding hydrogens is 612 g/mol. The maximum atomic E-state index is 16.9. The number of benzene rings is 2. The minimum atomic E-state index is -4.92. The molecule has 4 aromatic rings. The third kappa shape index (κ3) is 4.62. The Kier molecular flexibility index (Phi) is 6.74. The molecule has 4 aliphatic rings. The molecule has 2 aromatic carbocycles. The van der Waals surface area contributed by atoms with Crippen LogP contribution in [0.3, 0.4) is 0 Å². The molecule has 2 bridgehead atoms. The van der Waals surface area contributed by atoms with Crippen molar-refractivity contribution in [3.63, 3.8) is 0 Å². The number of rotatable bonds is 5. The van der Waals surface area contributed by atoms with Gasteiger partial charge >= 0.3 is 12.2 Å². The number of aromatic amines is 1. The molecule has 4 fully saturated rings. The summed E-state index contributed by atoms with van der Waals surface area (Å²) in [5.41, 5.74) is -3.31. The van der Waals surface area contributed by atoms with Crippen LogP contribution in [0.4, 0.5) is 32.2 Å². The standard InChI is InChI=1S/C32H33F6N7O/c1-15-8-22-23(16(2)42-43-22)25(26(15)32(36,37)38)24-21(34)9-20-28(27(24)35)40-30(41-29(20)44-12-18-4-5-19(13-44)39-18)46-14-31-6-3-7-45(31)11-17(33)10-31/h8-9,17-19,39H,3-7,10-14H2,1-2H3,(H,42,43)/t17-,18?,19?,31+/m1/s1. The molecule has 46 heavy (non-hydrogen) atoms. The zero-order valence-electron chi connectivity index (χ0n) is 25.4. The summed E-state index contributed by atoms with van der Waals surface area (Å²) in [5, 5.41) is 10.3. The van der Waals surface area contributed by atoms with Gasteiger partial charge in [0.2, 0.25) is 0 Å². The van der Waals surface area contributed by atoms with Gasteiger partial charge < -0.3 is 15.0 Å². The van der Waals surface area contributed by atoms with Crippen LogP contribution in [-0.4, -0.2) is 81.6 Å². The lowest BCUT2D eigenvalue weighted by atomic mass is 9.90. The van der Waals surface area contributed by atoms with Crippen LogP contribution in [0.25, 0.3) is 32.9 Å². The maximum Gasteiger partial charge on any atom is 0.417 e. The summed E-state index contributed by atoms with van der Waals surface area (Å²) in [6.07, 6.45) is -2.11. The summed E-state index contributed by atoms with van der Waals surface area (Å²) in [6, 6.07) is 2.44. The lowest BCUT2D eigenvalue weighted by molar-refractivity contribution is -0.137. The first-order valence-corrected chi connectivity index (χ1v) is 15.7. The summed E-state index contributed by atoms with van der Waals surface area (Å²) < 4.78 is 97.6. The van der Waals surface area contributed by atoms with Crippen LogP contribution < -0.4 is 15.0 Å². The van der Waals surface area contributed by atoms with Gasteiger partial charge in [0.25, 0.3) is 0 Å². The van der Waals surface area contributed by atoms with Crippen molar-refractivity contribution in [3.8, 4) is 17.1 Å². The van der Waals surface area contributed by atoms with E-state index in [1.807, 2.05) is 4.90 Å². The summed E-state index contributed by atoms with van der Waals surface area (Å²) >= 11 is 0. The van der Waals surface area contributed by atoms with Crippen molar-refractivity contribution >= 4 is 27.6 Å². The van der Waals surface area contributed by atoms with Crippen molar-refractivity contribution in [1.29, 1.82) is 0 Å². The highest BCUT2D eigenvalue weighted by Crippen LogP contribution is 2.47. The van der Waals surface area contributed by atoms with E-state index in [-0.39, 0.29) is 63.6 Å². The fourth-order valence-electron chi connectivity index (χ4n) is 8.41. The number of nitrogens with one attached hydrogen (secondary N) is 2. The van der Waals surface area contributed by atoms with Gasteiger partial charge in [0, 0.05) is 54.5 Å². The van der Waals surface area contributed by atoms with E-state index < -0.39 is 46.2 Å². The van der Waals surface area contributed by atoms with Gasteiger partial charge in [0.05, 0.1) is 27.9 Å². The molecule has 0 saturated carbocycles. The van der Waals surface area contributed by atoms with Crippen molar-refractivity contribution in [2.45, 2.75) is 75.9 Å². The van der Waals surface area contributed by atoms with Gasteiger partial charge in [-0.15, -0.1) is 0 Å². The summed E-state index contributed by atoms with van der Waals surface area (Å²) in [6.45, 7) is 4.92. The molecule has 0 spiro atoms. The molecule has 2 unspecified atom stereocenters. The highest BCUT2D eigenvalue weighted by molar-refractivity contribution is 6.02. The molecule has 244 valence electrons. The average molecular weight is 646 g/mol.